The van der Waals surface area contributed by atoms with Crippen molar-refractivity contribution in [1.29, 1.82) is 0 Å². The first-order chi connectivity index (χ1) is 15.2. The lowest BCUT2D eigenvalue weighted by atomic mass is 10.0. The predicted octanol–water partition coefficient (Wildman–Crippen LogP) is 2.24. The van der Waals surface area contributed by atoms with Gasteiger partial charge in [-0.2, -0.15) is 4.31 Å². The Kier molecular flexibility index (Phi) is 7.60. The molecular formula is C22H26FN3O5S. The summed E-state index contributed by atoms with van der Waals surface area (Å²) in [4.78, 5) is 25.6. The van der Waals surface area contributed by atoms with Crippen LogP contribution >= 0.6 is 0 Å². The zero-order chi connectivity index (χ0) is 23.3. The average molecular weight is 464 g/mol. The minimum atomic E-state index is -3.76. The normalized spacial score (nSPS) is 15.9. The van der Waals surface area contributed by atoms with Crippen LogP contribution in [0.25, 0.3) is 0 Å². The second-order valence-corrected chi connectivity index (χ2v) is 9.67. The summed E-state index contributed by atoms with van der Waals surface area (Å²) in [5.74, 6) is -1.71. The van der Waals surface area contributed by atoms with Crippen molar-refractivity contribution in [2.24, 2.45) is 5.92 Å². The van der Waals surface area contributed by atoms with Crippen LogP contribution in [0.15, 0.2) is 53.4 Å². The van der Waals surface area contributed by atoms with Crippen LogP contribution in [0.5, 0.6) is 0 Å². The zero-order valence-electron chi connectivity index (χ0n) is 17.9. The van der Waals surface area contributed by atoms with Crippen molar-refractivity contribution in [3.8, 4) is 0 Å². The lowest BCUT2D eigenvalue weighted by molar-refractivity contribution is -0.118. The van der Waals surface area contributed by atoms with E-state index in [2.05, 4.69) is 10.6 Å². The molecule has 32 heavy (non-hydrogen) atoms. The van der Waals surface area contributed by atoms with Gasteiger partial charge >= 0.3 is 0 Å². The molecule has 0 aromatic heterocycles. The van der Waals surface area contributed by atoms with Crippen molar-refractivity contribution in [2.75, 3.05) is 31.6 Å². The third-order valence-corrected chi connectivity index (χ3v) is 6.95. The van der Waals surface area contributed by atoms with E-state index >= 15 is 0 Å². The van der Waals surface area contributed by atoms with Crippen molar-refractivity contribution in [3.05, 3.63) is 59.9 Å². The van der Waals surface area contributed by atoms with Crippen molar-refractivity contribution in [2.45, 2.75) is 24.8 Å². The molecular weight excluding hydrogens is 437 g/mol. The number of hydrogen-bond donors (Lipinski definition) is 2. The molecule has 2 aromatic carbocycles. The molecule has 1 saturated heterocycles. The van der Waals surface area contributed by atoms with Crippen LogP contribution in [0.3, 0.4) is 0 Å². The van der Waals surface area contributed by atoms with Crippen LogP contribution in [0.1, 0.15) is 24.2 Å². The predicted molar refractivity (Wildman–Crippen MR) is 117 cm³/mol. The monoisotopic (exact) mass is 463 g/mol. The standard InChI is InChI=1S/C22H26FN3O5S/c1-15(2)20(22(28)24-18-8-6-17(23)7-9-18)25-21(27)16-4-3-5-19(14-16)32(29,30)26-10-12-31-13-11-26/h3-9,14-15,20H,10-13H2,1-2H3,(H,24,28)(H,25,27)/t20-/m0/s1. The Morgan fingerprint density at radius 3 is 2.34 bits per heavy atom. The number of nitrogens with zero attached hydrogens (tertiary/aromatic N) is 1. The first-order valence-electron chi connectivity index (χ1n) is 10.2. The van der Waals surface area contributed by atoms with E-state index < -0.39 is 33.7 Å². The maximum Gasteiger partial charge on any atom is 0.251 e. The smallest absolute Gasteiger partial charge is 0.251 e. The molecule has 1 aliphatic rings. The Morgan fingerprint density at radius 1 is 1.06 bits per heavy atom. The first-order valence-corrected chi connectivity index (χ1v) is 11.7. The van der Waals surface area contributed by atoms with E-state index in [4.69, 9.17) is 4.74 Å². The van der Waals surface area contributed by atoms with E-state index in [-0.39, 0.29) is 29.5 Å². The number of halogens is 1. The van der Waals surface area contributed by atoms with E-state index in [1.54, 1.807) is 13.8 Å². The molecule has 2 amide bonds. The summed E-state index contributed by atoms with van der Waals surface area (Å²) in [5, 5.41) is 5.32. The zero-order valence-corrected chi connectivity index (χ0v) is 18.7. The third kappa shape index (κ3) is 5.70. The number of carbonyl (C=O) groups excluding carboxylic acids is 2. The summed E-state index contributed by atoms with van der Waals surface area (Å²) >= 11 is 0. The Morgan fingerprint density at radius 2 is 1.72 bits per heavy atom. The molecule has 2 aromatic rings. The number of benzene rings is 2. The lowest BCUT2D eigenvalue weighted by Crippen LogP contribution is -2.47. The fourth-order valence-electron chi connectivity index (χ4n) is 3.25. The number of rotatable bonds is 7. The van der Waals surface area contributed by atoms with Gasteiger partial charge < -0.3 is 15.4 Å². The van der Waals surface area contributed by atoms with Crippen LogP contribution < -0.4 is 10.6 Å². The first kappa shape index (κ1) is 23.8. The largest absolute Gasteiger partial charge is 0.379 e. The van der Waals surface area contributed by atoms with Gasteiger partial charge in [-0.05, 0) is 48.4 Å². The maximum absolute atomic E-state index is 13.1. The van der Waals surface area contributed by atoms with Crippen LogP contribution in [0, 0.1) is 11.7 Å². The maximum atomic E-state index is 13.1. The minimum Gasteiger partial charge on any atom is -0.379 e. The Bertz CT molecular complexity index is 1070. The molecule has 10 heteroatoms. The van der Waals surface area contributed by atoms with E-state index in [0.29, 0.717) is 18.9 Å². The molecule has 0 bridgehead atoms. The number of morpholine rings is 1. The number of hydrogen-bond acceptors (Lipinski definition) is 5. The van der Waals surface area contributed by atoms with Crippen molar-refractivity contribution in [1.82, 2.24) is 9.62 Å². The van der Waals surface area contributed by atoms with Gasteiger partial charge in [-0.25, -0.2) is 12.8 Å². The molecule has 1 fully saturated rings. The van der Waals surface area contributed by atoms with Crippen molar-refractivity contribution in [3.63, 3.8) is 0 Å². The molecule has 2 N–H and O–H groups in total. The quantitative estimate of drug-likeness (QED) is 0.655. The number of sulfonamides is 1. The van der Waals surface area contributed by atoms with Gasteiger partial charge in [0.1, 0.15) is 11.9 Å². The Balaban J connectivity index is 1.74. The van der Waals surface area contributed by atoms with Crippen molar-refractivity contribution >= 4 is 27.5 Å². The molecule has 0 radical (unpaired) electrons. The summed E-state index contributed by atoms with van der Waals surface area (Å²) in [6, 6.07) is 10.1. The molecule has 1 aliphatic heterocycles. The lowest BCUT2D eigenvalue weighted by Gasteiger charge is -2.26. The summed E-state index contributed by atoms with van der Waals surface area (Å²) in [5.41, 5.74) is 0.523. The molecule has 3 rings (SSSR count). The minimum absolute atomic E-state index is 0.00362. The summed E-state index contributed by atoms with van der Waals surface area (Å²) in [7, 11) is -3.76. The number of ether oxygens (including phenoxy) is 1. The second-order valence-electron chi connectivity index (χ2n) is 7.74. The highest BCUT2D eigenvalue weighted by Gasteiger charge is 2.28. The van der Waals surface area contributed by atoms with E-state index in [1.807, 2.05) is 0 Å². The molecule has 0 unspecified atom stereocenters. The highest BCUT2D eigenvalue weighted by molar-refractivity contribution is 7.89. The van der Waals surface area contributed by atoms with Gasteiger partial charge in [0.2, 0.25) is 15.9 Å². The molecule has 1 heterocycles. The van der Waals surface area contributed by atoms with Crippen molar-refractivity contribution < 1.29 is 27.1 Å². The number of anilines is 1. The SMILES string of the molecule is CC(C)[C@H](NC(=O)c1cccc(S(=O)(=O)N2CCOCC2)c1)C(=O)Nc1ccc(F)cc1. The summed E-state index contributed by atoms with van der Waals surface area (Å²) in [6.07, 6.45) is 0. The van der Waals surface area contributed by atoms with Gasteiger partial charge in [0, 0.05) is 24.3 Å². The van der Waals surface area contributed by atoms with E-state index in [0.717, 1.165) is 0 Å². The van der Waals surface area contributed by atoms with Gasteiger partial charge in [0.05, 0.1) is 18.1 Å². The second kappa shape index (κ2) is 10.2. The molecule has 0 spiro atoms. The highest BCUT2D eigenvalue weighted by atomic mass is 32.2. The molecule has 8 nitrogen and oxygen atoms in total. The van der Waals surface area contributed by atoms with Gasteiger partial charge in [-0.3, -0.25) is 9.59 Å². The van der Waals surface area contributed by atoms with Crippen LogP contribution in [-0.4, -0.2) is 56.9 Å². The number of nitrogens with one attached hydrogen (secondary N) is 2. The van der Waals surface area contributed by atoms with Gasteiger partial charge in [-0.15, -0.1) is 0 Å². The van der Waals surface area contributed by atoms with Gasteiger partial charge in [0.25, 0.3) is 5.91 Å². The summed E-state index contributed by atoms with van der Waals surface area (Å²) < 4.78 is 45.4. The van der Waals surface area contributed by atoms with Crippen LogP contribution in [0.2, 0.25) is 0 Å². The average Bonchev–Trinajstić information content (AvgIpc) is 2.79. The van der Waals surface area contributed by atoms with Gasteiger partial charge in [-0.1, -0.05) is 19.9 Å². The number of amides is 2. The molecule has 1 atom stereocenters. The molecule has 0 saturated carbocycles. The van der Waals surface area contributed by atoms with Crippen LogP contribution in [0.4, 0.5) is 10.1 Å². The van der Waals surface area contributed by atoms with Gasteiger partial charge in [0.15, 0.2) is 0 Å². The Hall–Kier alpha value is -2.82. The fraction of sp³-hybridized carbons (Fsp3) is 0.364. The molecule has 172 valence electrons. The van der Waals surface area contributed by atoms with E-state index in [1.165, 1.54) is 52.8 Å². The van der Waals surface area contributed by atoms with Crippen LogP contribution in [-0.2, 0) is 19.6 Å². The highest BCUT2D eigenvalue weighted by Crippen LogP contribution is 2.19. The topological polar surface area (TPSA) is 105 Å². The summed E-state index contributed by atoms with van der Waals surface area (Å²) in [6.45, 7) is 4.68. The number of carbonyl (C=O) groups is 2. The fourth-order valence-corrected chi connectivity index (χ4v) is 4.70. The third-order valence-electron chi connectivity index (χ3n) is 5.05. The molecule has 0 aliphatic carbocycles. The van der Waals surface area contributed by atoms with E-state index in [9.17, 15) is 22.4 Å². The Labute approximate surface area is 186 Å².